The van der Waals surface area contributed by atoms with Crippen molar-refractivity contribution in [1.82, 2.24) is 25.1 Å². The number of aliphatic hydroxyl groups excluding tert-OH is 1. The van der Waals surface area contributed by atoms with Gasteiger partial charge in [0.25, 0.3) is 0 Å². The molecule has 1 aromatic carbocycles. The molecule has 136 valence electrons. The molecule has 0 aliphatic heterocycles. The molecule has 0 bridgehead atoms. The number of hydrogen-bond donors (Lipinski definition) is 2. The van der Waals surface area contributed by atoms with Crippen LogP contribution in [0.1, 0.15) is 17.8 Å². The maximum Gasteiger partial charge on any atom is 0.231 e. The number of fused-ring (bicyclic) bond motifs is 1. The molecule has 0 aliphatic carbocycles. The first-order chi connectivity index (χ1) is 12.7. The van der Waals surface area contributed by atoms with Gasteiger partial charge in [0.15, 0.2) is 11.5 Å². The molecule has 2 heterocycles. The van der Waals surface area contributed by atoms with E-state index in [1.54, 1.807) is 16.6 Å². The largest absolute Gasteiger partial charge is 0.480 e. The van der Waals surface area contributed by atoms with Gasteiger partial charge in [0, 0.05) is 18.9 Å². The summed E-state index contributed by atoms with van der Waals surface area (Å²) in [5.74, 6) is 0.878. The van der Waals surface area contributed by atoms with Crippen molar-refractivity contribution < 1.29 is 14.6 Å². The summed E-state index contributed by atoms with van der Waals surface area (Å²) in [5, 5.41) is 24.7. The number of nitrogens with zero attached hydrogens (tertiary/aromatic N) is 4. The van der Waals surface area contributed by atoms with Gasteiger partial charge in [-0.25, -0.2) is 0 Å². The Hall–Kier alpha value is -3.00. The molecule has 0 radical (unpaired) electrons. The first kappa shape index (κ1) is 17.8. The average molecular weight is 355 g/mol. The van der Waals surface area contributed by atoms with Crippen molar-refractivity contribution >= 4 is 11.6 Å². The van der Waals surface area contributed by atoms with Crippen LogP contribution in [0.5, 0.6) is 5.88 Å². The summed E-state index contributed by atoms with van der Waals surface area (Å²) in [5.41, 5.74) is 1.66. The third kappa shape index (κ3) is 4.34. The molecule has 1 atom stereocenters. The van der Waals surface area contributed by atoms with Gasteiger partial charge in [-0.1, -0.05) is 30.3 Å². The summed E-state index contributed by atoms with van der Waals surface area (Å²) in [6, 6.07) is 12.9. The molecular weight excluding hydrogens is 334 g/mol. The minimum Gasteiger partial charge on any atom is -0.480 e. The molecular formula is C18H21N5O3. The second kappa shape index (κ2) is 8.39. The Morgan fingerprint density at radius 2 is 2.04 bits per heavy atom. The molecule has 0 fully saturated rings. The Morgan fingerprint density at radius 3 is 2.77 bits per heavy atom. The SMILES string of the molecule is COc1ccc2nnc(CCC(=O)N[C@H](CO)Cc3ccccc3)n2n1. The number of methoxy groups -OCH3 is 1. The van der Waals surface area contributed by atoms with Gasteiger partial charge >= 0.3 is 0 Å². The molecule has 0 saturated heterocycles. The number of ether oxygens (including phenoxy) is 1. The molecule has 2 N–H and O–H groups in total. The standard InChI is InChI=1S/C18H21N5O3/c1-26-18-10-8-16-21-20-15(23(16)22-18)7-9-17(25)19-14(12-24)11-13-5-3-2-4-6-13/h2-6,8,10,14,24H,7,9,11-12H2,1H3,(H,19,25)/t14-/m0/s1. The third-order valence-corrected chi connectivity index (χ3v) is 4.00. The molecule has 0 saturated carbocycles. The smallest absolute Gasteiger partial charge is 0.231 e. The maximum absolute atomic E-state index is 12.2. The number of amides is 1. The highest BCUT2D eigenvalue weighted by atomic mass is 16.5. The van der Waals surface area contributed by atoms with E-state index in [1.165, 1.54) is 7.11 Å². The van der Waals surface area contributed by atoms with Crippen molar-refractivity contribution in [3.05, 3.63) is 53.9 Å². The van der Waals surface area contributed by atoms with Crippen molar-refractivity contribution in [2.75, 3.05) is 13.7 Å². The summed E-state index contributed by atoms with van der Waals surface area (Å²) >= 11 is 0. The van der Waals surface area contributed by atoms with Gasteiger partial charge in [-0.05, 0) is 18.1 Å². The highest BCUT2D eigenvalue weighted by Crippen LogP contribution is 2.10. The van der Waals surface area contributed by atoms with E-state index in [0.29, 0.717) is 30.2 Å². The van der Waals surface area contributed by atoms with Crippen LogP contribution in [0, 0.1) is 0 Å². The van der Waals surface area contributed by atoms with Crippen LogP contribution in [0.15, 0.2) is 42.5 Å². The van der Waals surface area contributed by atoms with Crippen molar-refractivity contribution in [3.63, 3.8) is 0 Å². The number of hydrogen-bond acceptors (Lipinski definition) is 6. The lowest BCUT2D eigenvalue weighted by atomic mass is 10.1. The Kier molecular flexibility index (Phi) is 5.75. The van der Waals surface area contributed by atoms with Gasteiger partial charge in [0.1, 0.15) is 0 Å². The molecule has 8 nitrogen and oxygen atoms in total. The molecule has 2 aromatic heterocycles. The first-order valence-electron chi connectivity index (χ1n) is 8.39. The van der Waals surface area contributed by atoms with Crippen molar-refractivity contribution in [3.8, 4) is 5.88 Å². The van der Waals surface area contributed by atoms with Crippen LogP contribution < -0.4 is 10.1 Å². The van der Waals surface area contributed by atoms with Crippen molar-refractivity contribution in [2.24, 2.45) is 0 Å². The van der Waals surface area contributed by atoms with Crippen LogP contribution in [0.25, 0.3) is 5.65 Å². The van der Waals surface area contributed by atoms with E-state index < -0.39 is 0 Å². The van der Waals surface area contributed by atoms with E-state index in [9.17, 15) is 9.90 Å². The molecule has 1 amide bonds. The zero-order chi connectivity index (χ0) is 18.4. The lowest BCUT2D eigenvalue weighted by Crippen LogP contribution is -2.39. The van der Waals surface area contributed by atoms with Gasteiger partial charge < -0.3 is 15.2 Å². The molecule has 26 heavy (non-hydrogen) atoms. The monoisotopic (exact) mass is 355 g/mol. The second-order valence-corrected chi connectivity index (χ2v) is 5.90. The molecule has 0 spiro atoms. The Balaban J connectivity index is 1.58. The van der Waals surface area contributed by atoms with Gasteiger partial charge in [-0.3, -0.25) is 4.79 Å². The van der Waals surface area contributed by atoms with Crippen LogP contribution in [-0.2, 0) is 17.6 Å². The molecule has 3 aromatic rings. The fraction of sp³-hybridized carbons (Fsp3) is 0.333. The lowest BCUT2D eigenvalue weighted by Gasteiger charge is -2.16. The number of carbonyl (C=O) groups is 1. The van der Waals surface area contributed by atoms with E-state index in [-0.39, 0.29) is 25.0 Å². The predicted molar refractivity (Wildman–Crippen MR) is 94.8 cm³/mol. The number of benzene rings is 1. The van der Waals surface area contributed by atoms with Gasteiger partial charge in [-0.2, -0.15) is 4.52 Å². The number of nitrogens with one attached hydrogen (secondary N) is 1. The van der Waals surface area contributed by atoms with Crippen LogP contribution in [-0.4, -0.2) is 50.6 Å². The Bertz CT molecular complexity index is 866. The zero-order valence-electron chi connectivity index (χ0n) is 14.5. The number of aryl methyl sites for hydroxylation is 1. The summed E-state index contributed by atoms with van der Waals surface area (Å²) in [6.07, 6.45) is 1.19. The molecule has 3 rings (SSSR count). The normalized spacial score (nSPS) is 12.1. The van der Waals surface area contributed by atoms with E-state index in [1.807, 2.05) is 30.3 Å². The van der Waals surface area contributed by atoms with E-state index >= 15 is 0 Å². The van der Waals surface area contributed by atoms with Crippen LogP contribution >= 0.6 is 0 Å². The fourth-order valence-electron chi connectivity index (χ4n) is 2.67. The number of aliphatic hydroxyl groups is 1. The fourth-order valence-corrected chi connectivity index (χ4v) is 2.67. The van der Waals surface area contributed by atoms with Gasteiger partial charge in [0.05, 0.1) is 19.8 Å². The van der Waals surface area contributed by atoms with Crippen molar-refractivity contribution in [2.45, 2.75) is 25.3 Å². The second-order valence-electron chi connectivity index (χ2n) is 5.90. The van der Waals surface area contributed by atoms with Crippen molar-refractivity contribution in [1.29, 1.82) is 0 Å². The number of rotatable bonds is 8. The minimum absolute atomic E-state index is 0.118. The molecule has 0 unspecified atom stereocenters. The molecule has 8 heteroatoms. The number of carbonyl (C=O) groups excluding carboxylic acids is 1. The molecule has 0 aliphatic rings. The summed E-state index contributed by atoms with van der Waals surface area (Å²) in [4.78, 5) is 12.2. The maximum atomic E-state index is 12.2. The minimum atomic E-state index is -0.321. The Morgan fingerprint density at radius 1 is 1.23 bits per heavy atom. The van der Waals surface area contributed by atoms with E-state index in [4.69, 9.17) is 4.74 Å². The van der Waals surface area contributed by atoms with Crippen LogP contribution in [0.4, 0.5) is 0 Å². The lowest BCUT2D eigenvalue weighted by molar-refractivity contribution is -0.122. The average Bonchev–Trinajstić information content (AvgIpc) is 3.08. The third-order valence-electron chi connectivity index (χ3n) is 4.00. The van der Waals surface area contributed by atoms with E-state index in [0.717, 1.165) is 5.56 Å². The van der Waals surface area contributed by atoms with Crippen LogP contribution in [0.2, 0.25) is 0 Å². The van der Waals surface area contributed by atoms with E-state index in [2.05, 4.69) is 20.6 Å². The zero-order valence-corrected chi connectivity index (χ0v) is 14.5. The highest BCUT2D eigenvalue weighted by Gasteiger charge is 2.14. The van der Waals surface area contributed by atoms with Crippen LogP contribution in [0.3, 0.4) is 0 Å². The summed E-state index contributed by atoms with van der Waals surface area (Å²) < 4.78 is 6.67. The summed E-state index contributed by atoms with van der Waals surface area (Å²) in [7, 11) is 1.54. The predicted octanol–water partition coefficient (Wildman–Crippen LogP) is 0.785. The summed E-state index contributed by atoms with van der Waals surface area (Å²) in [6.45, 7) is -0.118. The quantitative estimate of drug-likeness (QED) is 0.619. The highest BCUT2D eigenvalue weighted by molar-refractivity contribution is 5.76. The first-order valence-corrected chi connectivity index (χ1v) is 8.39. The van der Waals surface area contributed by atoms with Gasteiger partial charge in [-0.15, -0.1) is 15.3 Å². The Labute approximate surface area is 150 Å². The topological polar surface area (TPSA) is 102 Å². The van der Waals surface area contributed by atoms with Gasteiger partial charge in [0.2, 0.25) is 11.8 Å². The number of aromatic nitrogens is 4.